The number of carbonyl (C=O) groups is 2. The molecule has 0 saturated heterocycles. The number of methoxy groups -OCH3 is 1. The van der Waals surface area contributed by atoms with Crippen LogP contribution in [0.1, 0.15) is 43.0 Å². The number of nitrogens with zero attached hydrogens (tertiary/aromatic N) is 3. The molecule has 0 spiro atoms. The van der Waals surface area contributed by atoms with Gasteiger partial charge in [-0.3, -0.25) is 24.0 Å². The lowest BCUT2D eigenvalue weighted by molar-refractivity contribution is -0.121. The molecule has 1 aliphatic rings. The number of ether oxygens (including phenoxy) is 2. The molecule has 4 N–H and O–H groups in total. The SMILES string of the molecule is CCCCn1c(N)c(N(CCOC)C(=O)COC(=O)c2ccc(NC3CC3)nc2)c(=O)[nH]c1=O. The molecule has 0 unspecified atom stereocenters. The van der Waals surface area contributed by atoms with Gasteiger partial charge in [0, 0.05) is 32.4 Å². The molecule has 0 aliphatic heterocycles. The number of pyridine rings is 1. The first-order valence-electron chi connectivity index (χ1n) is 11.2. The summed E-state index contributed by atoms with van der Waals surface area (Å²) in [7, 11) is 1.44. The molecule has 0 aromatic carbocycles. The second-order valence-electron chi connectivity index (χ2n) is 7.96. The van der Waals surface area contributed by atoms with E-state index in [2.05, 4.69) is 15.3 Å². The number of aromatic nitrogens is 3. The van der Waals surface area contributed by atoms with E-state index in [-0.39, 0.29) is 36.8 Å². The topological polar surface area (TPSA) is 162 Å². The van der Waals surface area contributed by atoms with E-state index in [0.717, 1.165) is 24.2 Å². The molecule has 3 rings (SSSR count). The molecule has 2 aromatic rings. The lowest BCUT2D eigenvalue weighted by Crippen LogP contribution is -2.44. The van der Waals surface area contributed by atoms with Crippen molar-refractivity contribution in [3.63, 3.8) is 0 Å². The molecule has 1 saturated carbocycles. The number of anilines is 3. The van der Waals surface area contributed by atoms with Gasteiger partial charge in [0.1, 0.15) is 11.6 Å². The molecule has 1 fully saturated rings. The van der Waals surface area contributed by atoms with Gasteiger partial charge in [-0.2, -0.15) is 0 Å². The van der Waals surface area contributed by atoms with Crippen LogP contribution < -0.4 is 27.2 Å². The molecule has 1 aliphatic carbocycles. The average Bonchev–Trinajstić information content (AvgIpc) is 3.63. The smallest absolute Gasteiger partial charge is 0.340 e. The van der Waals surface area contributed by atoms with Crippen molar-refractivity contribution < 1.29 is 19.1 Å². The van der Waals surface area contributed by atoms with Gasteiger partial charge in [0.2, 0.25) is 0 Å². The van der Waals surface area contributed by atoms with Gasteiger partial charge in [-0.25, -0.2) is 14.6 Å². The van der Waals surface area contributed by atoms with Crippen molar-refractivity contribution in [3.05, 3.63) is 44.7 Å². The fraction of sp³-hybridized carbons (Fsp3) is 0.500. The Morgan fingerprint density at radius 1 is 1.32 bits per heavy atom. The van der Waals surface area contributed by atoms with Crippen LogP contribution in [-0.2, 0) is 20.8 Å². The van der Waals surface area contributed by atoms with Crippen LogP contribution in [0.3, 0.4) is 0 Å². The van der Waals surface area contributed by atoms with Crippen LogP contribution in [0.15, 0.2) is 27.9 Å². The van der Waals surface area contributed by atoms with Crippen molar-refractivity contribution in [1.29, 1.82) is 0 Å². The van der Waals surface area contributed by atoms with Gasteiger partial charge in [-0.15, -0.1) is 0 Å². The summed E-state index contributed by atoms with van der Waals surface area (Å²) in [6, 6.07) is 3.65. The molecular formula is C22H30N6O6. The molecule has 0 radical (unpaired) electrons. The van der Waals surface area contributed by atoms with Crippen molar-refractivity contribution in [1.82, 2.24) is 14.5 Å². The molecule has 12 heteroatoms. The predicted molar refractivity (Wildman–Crippen MR) is 126 cm³/mol. The van der Waals surface area contributed by atoms with Gasteiger partial charge in [0.25, 0.3) is 11.5 Å². The molecular weight excluding hydrogens is 444 g/mol. The zero-order valence-corrected chi connectivity index (χ0v) is 19.3. The fourth-order valence-electron chi connectivity index (χ4n) is 3.25. The number of esters is 1. The molecule has 2 aromatic heterocycles. The minimum Gasteiger partial charge on any atom is -0.452 e. The average molecular weight is 475 g/mol. The Bertz CT molecular complexity index is 1120. The van der Waals surface area contributed by atoms with Crippen LogP contribution in [0.2, 0.25) is 0 Å². The molecule has 0 bridgehead atoms. The third-order valence-electron chi connectivity index (χ3n) is 5.29. The third kappa shape index (κ3) is 6.22. The first-order valence-corrected chi connectivity index (χ1v) is 11.2. The van der Waals surface area contributed by atoms with Crippen LogP contribution in [-0.4, -0.2) is 59.3 Å². The van der Waals surface area contributed by atoms with Crippen molar-refractivity contribution in [3.8, 4) is 0 Å². The van der Waals surface area contributed by atoms with Crippen LogP contribution >= 0.6 is 0 Å². The lowest BCUT2D eigenvalue weighted by atomic mass is 10.3. The van der Waals surface area contributed by atoms with Crippen LogP contribution in [0, 0.1) is 0 Å². The number of rotatable bonds is 12. The Morgan fingerprint density at radius 2 is 2.09 bits per heavy atom. The molecule has 34 heavy (non-hydrogen) atoms. The molecule has 2 heterocycles. The van der Waals surface area contributed by atoms with E-state index >= 15 is 0 Å². The minimum absolute atomic E-state index is 0.0325. The highest BCUT2D eigenvalue weighted by molar-refractivity contribution is 5.98. The maximum absolute atomic E-state index is 13.0. The number of aromatic amines is 1. The molecule has 1 amide bonds. The highest BCUT2D eigenvalue weighted by Gasteiger charge is 2.25. The van der Waals surface area contributed by atoms with Gasteiger partial charge >= 0.3 is 11.7 Å². The summed E-state index contributed by atoms with van der Waals surface area (Å²) in [5.74, 6) is -0.904. The summed E-state index contributed by atoms with van der Waals surface area (Å²) in [5, 5.41) is 3.21. The number of nitrogens with two attached hydrogens (primary N) is 1. The Morgan fingerprint density at radius 3 is 2.71 bits per heavy atom. The van der Waals surface area contributed by atoms with Gasteiger partial charge in [-0.05, 0) is 31.4 Å². The normalized spacial score (nSPS) is 12.9. The first-order chi connectivity index (χ1) is 16.3. The summed E-state index contributed by atoms with van der Waals surface area (Å²) in [4.78, 5) is 57.6. The number of nitrogens with one attached hydrogen (secondary N) is 2. The van der Waals surface area contributed by atoms with Gasteiger partial charge in [0.15, 0.2) is 12.3 Å². The first kappa shape index (κ1) is 25.0. The van der Waals surface area contributed by atoms with Gasteiger partial charge in [-0.1, -0.05) is 13.3 Å². The van der Waals surface area contributed by atoms with Crippen molar-refractivity contribution in [2.75, 3.05) is 42.8 Å². The molecule has 12 nitrogen and oxygen atoms in total. The number of amides is 1. The second-order valence-corrected chi connectivity index (χ2v) is 7.96. The van der Waals surface area contributed by atoms with E-state index < -0.39 is 29.7 Å². The zero-order chi connectivity index (χ0) is 24.7. The Labute approximate surface area is 196 Å². The number of hydrogen-bond donors (Lipinski definition) is 3. The van der Waals surface area contributed by atoms with E-state index in [1.54, 1.807) is 12.1 Å². The minimum atomic E-state index is -0.811. The quantitative estimate of drug-likeness (QED) is 0.376. The molecule has 184 valence electrons. The predicted octanol–water partition coefficient (Wildman–Crippen LogP) is 0.725. The van der Waals surface area contributed by atoms with Gasteiger partial charge in [0.05, 0.1) is 12.2 Å². The maximum Gasteiger partial charge on any atom is 0.340 e. The van der Waals surface area contributed by atoms with E-state index in [0.29, 0.717) is 18.3 Å². The van der Waals surface area contributed by atoms with Crippen LogP contribution in [0.25, 0.3) is 0 Å². The number of unbranched alkanes of at least 4 members (excludes halogenated alkanes) is 1. The molecule has 0 atom stereocenters. The fourth-order valence-corrected chi connectivity index (χ4v) is 3.25. The lowest BCUT2D eigenvalue weighted by Gasteiger charge is -2.24. The summed E-state index contributed by atoms with van der Waals surface area (Å²) in [5.41, 5.74) is 4.65. The summed E-state index contributed by atoms with van der Waals surface area (Å²) in [6.07, 6.45) is 5.01. The number of H-pyrrole nitrogens is 1. The Kier molecular flexibility index (Phi) is 8.41. The standard InChI is InChI=1S/C22H30N6O6/c1-3-4-9-28-19(23)18(20(30)26-22(28)32)27(10-11-33-2)17(29)13-34-21(31)14-5-8-16(24-12-14)25-15-6-7-15/h5,8,12,15H,3-4,6-7,9-11,13,23H2,1-2H3,(H,24,25)(H,26,30,32). The Balaban J connectivity index is 1.74. The number of carbonyl (C=O) groups excluding carboxylic acids is 2. The van der Waals surface area contributed by atoms with Crippen LogP contribution in [0.4, 0.5) is 17.3 Å². The summed E-state index contributed by atoms with van der Waals surface area (Å²) in [6.45, 7) is 1.65. The third-order valence-corrected chi connectivity index (χ3v) is 5.29. The van der Waals surface area contributed by atoms with E-state index in [9.17, 15) is 19.2 Å². The van der Waals surface area contributed by atoms with Crippen molar-refractivity contribution >= 4 is 29.2 Å². The van der Waals surface area contributed by atoms with Crippen LogP contribution in [0.5, 0.6) is 0 Å². The monoisotopic (exact) mass is 474 g/mol. The highest BCUT2D eigenvalue weighted by Crippen LogP contribution is 2.23. The van der Waals surface area contributed by atoms with Gasteiger partial charge < -0.3 is 20.5 Å². The largest absolute Gasteiger partial charge is 0.452 e. The summed E-state index contributed by atoms with van der Waals surface area (Å²) >= 11 is 0. The maximum atomic E-state index is 13.0. The Hall–Kier alpha value is -3.67. The second kappa shape index (κ2) is 11.5. The number of hydrogen-bond acceptors (Lipinski definition) is 9. The van der Waals surface area contributed by atoms with Crippen molar-refractivity contribution in [2.24, 2.45) is 0 Å². The van der Waals surface area contributed by atoms with Crippen molar-refractivity contribution in [2.45, 2.75) is 45.2 Å². The van der Waals surface area contributed by atoms with E-state index in [1.165, 1.54) is 17.9 Å². The highest BCUT2D eigenvalue weighted by atomic mass is 16.5. The zero-order valence-electron chi connectivity index (χ0n) is 19.3. The van der Waals surface area contributed by atoms with E-state index in [1.807, 2.05) is 6.92 Å². The summed E-state index contributed by atoms with van der Waals surface area (Å²) < 4.78 is 11.4. The number of nitrogen functional groups attached to an aromatic ring is 1. The van der Waals surface area contributed by atoms with E-state index in [4.69, 9.17) is 15.2 Å².